The fraction of sp³-hybridized carbons (Fsp3) is 0.364. The molecule has 0 spiro atoms. The second-order valence-electron chi connectivity index (χ2n) is 6.39. The molecule has 0 fully saturated rings. The van der Waals surface area contributed by atoms with Gasteiger partial charge in [0, 0.05) is 39.3 Å². The molecule has 2 aromatic rings. The van der Waals surface area contributed by atoms with Crippen LogP contribution in [0, 0.1) is 0 Å². The topological polar surface area (TPSA) is 75.2 Å². The lowest BCUT2D eigenvalue weighted by Gasteiger charge is -2.22. The van der Waals surface area contributed by atoms with Gasteiger partial charge in [-0.1, -0.05) is 12.1 Å². The third kappa shape index (κ3) is 8.10. The number of carbonyl (C=O) groups is 1. The van der Waals surface area contributed by atoms with Crippen molar-refractivity contribution >= 4 is 35.8 Å². The van der Waals surface area contributed by atoms with Gasteiger partial charge in [0.2, 0.25) is 0 Å². The molecule has 1 amide bonds. The summed E-state index contributed by atoms with van der Waals surface area (Å²) in [7, 11) is 5.31. The second-order valence-corrected chi connectivity index (χ2v) is 6.39. The molecule has 0 radical (unpaired) electrons. The smallest absolute Gasteiger partial charge is 0.251 e. The predicted molar refractivity (Wildman–Crippen MR) is 131 cm³/mol. The number of hydrogen-bond donors (Lipinski definition) is 2. The Kier molecular flexibility index (Phi) is 11.7. The van der Waals surface area contributed by atoms with Gasteiger partial charge in [0.05, 0.1) is 13.7 Å². The molecular formula is C22H31IN4O3. The fourth-order valence-electron chi connectivity index (χ4n) is 2.79. The Morgan fingerprint density at radius 3 is 2.17 bits per heavy atom. The summed E-state index contributed by atoms with van der Waals surface area (Å²) in [5, 5.41) is 6.16. The molecule has 0 aromatic heterocycles. The molecule has 0 bridgehead atoms. The fourth-order valence-corrected chi connectivity index (χ4v) is 2.79. The van der Waals surface area contributed by atoms with E-state index in [4.69, 9.17) is 9.47 Å². The summed E-state index contributed by atoms with van der Waals surface area (Å²) in [6, 6.07) is 15.1. The summed E-state index contributed by atoms with van der Waals surface area (Å²) in [5.74, 6) is 2.24. The van der Waals surface area contributed by atoms with Crippen LogP contribution in [-0.2, 0) is 6.54 Å². The number of nitrogens with one attached hydrogen (secondary N) is 2. The molecule has 7 nitrogen and oxygen atoms in total. The Morgan fingerprint density at radius 2 is 1.60 bits per heavy atom. The highest BCUT2D eigenvalue weighted by molar-refractivity contribution is 14.0. The average Bonchev–Trinajstić information content (AvgIpc) is 2.75. The lowest BCUT2D eigenvalue weighted by Crippen LogP contribution is -2.42. The first kappa shape index (κ1) is 25.5. The zero-order valence-electron chi connectivity index (χ0n) is 18.0. The van der Waals surface area contributed by atoms with Crippen molar-refractivity contribution in [3.8, 4) is 11.5 Å². The number of amides is 1. The minimum Gasteiger partial charge on any atom is -0.497 e. The maximum absolute atomic E-state index is 12.2. The first-order valence-corrected chi connectivity index (χ1v) is 9.63. The number of hydrogen-bond acceptors (Lipinski definition) is 4. The summed E-state index contributed by atoms with van der Waals surface area (Å²) < 4.78 is 10.6. The highest BCUT2D eigenvalue weighted by Gasteiger charge is 2.08. The van der Waals surface area contributed by atoms with E-state index in [1.165, 1.54) is 0 Å². The van der Waals surface area contributed by atoms with Gasteiger partial charge in [0.1, 0.15) is 11.5 Å². The van der Waals surface area contributed by atoms with Crippen LogP contribution in [0.4, 0.5) is 0 Å². The van der Waals surface area contributed by atoms with E-state index in [0.29, 0.717) is 31.8 Å². The number of rotatable bonds is 9. The van der Waals surface area contributed by atoms with Crippen LogP contribution in [0.5, 0.6) is 11.5 Å². The van der Waals surface area contributed by atoms with Crippen molar-refractivity contribution in [2.24, 2.45) is 4.99 Å². The van der Waals surface area contributed by atoms with E-state index < -0.39 is 0 Å². The van der Waals surface area contributed by atoms with Crippen molar-refractivity contribution in [2.75, 3.05) is 40.9 Å². The maximum Gasteiger partial charge on any atom is 0.251 e. The van der Waals surface area contributed by atoms with Gasteiger partial charge in [0.25, 0.3) is 5.91 Å². The predicted octanol–water partition coefficient (Wildman–Crippen LogP) is 3.15. The zero-order valence-corrected chi connectivity index (χ0v) is 20.3. The Balaban J connectivity index is 0.00000450. The van der Waals surface area contributed by atoms with Gasteiger partial charge >= 0.3 is 0 Å². The molecule has 0 heterocycles. The molecule has 0 aliphatic heterocycles. The number of aliphatic imine (C=N–C) groups is 1. The van der Waals surface area contributed by atoms with Gasteiger partial charge in [-0.3, -0.25) is 9.79 Å². The monoisotopic (exact) mass is 526 g/mol. The Morgan fingerprint density at radius 1 is 1.00 bits per heavy atom. The maximum atomic E-state index is 12.2. The number of nitrogens with zero attached hydrogens (tertiary/aromatic N) is 2. The second kappa shape index (κ2) is 13.7. The Hall–Kier alpha value is -2.49. The van der Waals surface area contributed by atoms with Crippen LogP contribution < -0.4 is 20.1 Å². The highest BCUT2D eigenvalue weighted by Crippen LogP contribution is 2.13. The van der Waals surface area contributed by atoms with Crippen molar-refractivity contribution < 1.29 is 14.3 Å². The van der Waals surface area contributed by atoms with E-state index in [1.807, 2.05) is 43.1 Å². The van der Waals surface area contributed by atoms with Crippen LogP contribution >= 0.6 is 24.0 Å². The van der Waals surface area contributed by atoms with E-state index in [-0.39, 0.29) is 29.9 Å². The van der Waals surface area contributed by atoms with Gasteiger partial charge in [-0.2, -0.15) is 0 Å². The first-order chi connectivity index (χ1) is 14.1. The molecule has 8 heteroatoms. The zero-order chi connectivity index (χ0) is 21.1. The molecule has 0 atom stereocenters. The molecule has 30 heavy (non-hydrogen) atoms. The number of benzene rings is 2. The molecule has 2 aromatic carbocycles. The minimum atomic E-state index is -0.118. The van der Waals surface area contributed by atoms with E-state index in [2.05, 4.69) is 15.6 Å². The molecule has 2 rings (SSSR count). The van der Waals surface area contributed by atoms with Crippen molar-refractivity contribution in [1.29, 1.82) is 0 Å². The van der Waals surface area contributed by atoms with Gasteiger partial charge in [0.15, 0.2) is 5.96 Å². The SMILES string of the molecule is CCOc1ccc(CN(C)C(=NC)NCCNC(=O)c2ccc(OC)cc2)cc1.I. The molecule has 0 saturated carbocycles. The standard InChI is InChI=1S/C22H30N4O3.HI/c1-5-29-20-10-6-17(7-11-20)16-26(3)22(23-2)25-15-14-24-21(27)18-8-12-19(28-4)13-9-18;/h6-13H,5,14-16H2,1-4H3,(H,23,25)(H,24,27);1H. The molecule has 0 unspecified atom stereocenters. The summed E-state index contributed by atoms with van der Waals surface area (Å²) in [6.07, 6.45) is 0. The van der Waals surface area contributed by atoms with Crippen LogP contribution in [0.15, 0.2) is 53.5 Å². The number of halogens is 1. The Labute approximate surface area is 195 Å². The van der Waals surface area contributed by atoms with Crippen LogP contribution in [0.1, 0.15) is 22.8 Å². The van der Waals surface area contributed by atoms with E-state index in [0.717, 1.165) is 23.0 Å². The number of ether oxygens (including phenoxy) is 2. The summed E-state index contributed by atoms with van der Waals surface area (Å²) in [5.41, 5.74) is 1.76. The minimum absolute atomic E-state index is 0. The van der Waals surface area contributed by atoms with Gasteiger partial charge in [-0.15, -0.1) is 24.0 Å². The van der Waals surface area contributed by atoms with Crippen molar-refractivity contribution in [3.63, 3.8) is 0 Å². The first-order valence-electron chi connectivity index (χ1n) is 9.63. The van der Waals surface area contributed by atoms with Gasteiger partial charge < -0.3 is 25.0 Å². The summed E-state index contributed by atoms with van der Waals surface area (Å²) in [4.78, 5) is 18.5. The third-order valence-electron chi connectivity index (χ3n) is 4.27. The number of guanidine groups is 1. The molecule has 0 saturated heterocycles. The van der Waals surface area contributed by atoms with Crippen LogP contribution in [0.25, 0.3) is 0 Å². The Bertz CT molecular complexity index is 795. The largest absolute Gasteiger partial charge is 0.497 e. The average molecular weight is 526 g/mol. The van der Waals surface area contributed by atoms with Crippen molar-refractivity contribution in [2.45, 2.75) is 13.5 Å². The normalized spacial score (nSPS) is 10.6. The molecule has 164 valence electrons. The summed E-state index contributed by atoms with van der Waals surface area (Å²) in [6.45, 7) is 4.40. The van der Waals surface area contributed by atoms with E-state index >= 15 is 0 Å². The van der Waals surface area contributed by atoms with Gasteiger partial charge in [-0.25, -0.2) is 0 Å². The lowest BCUT2D eigenvalue weighted by molar-refractivity contribution is 0.0954. The number of methoxy groups -OCH3 is 1. The molecular weight excluding hydrogens is 495 g/mol. The lowest BCUT2D eigenvalue weighted by atomic mass is 10.2. The van der Waals surface area contributed by atoms with Crippen molar-refractivity contribution in [3.05, 3.63) is 59.7 Å². The highest BCUT2D eigenvalue weighted by atomic mass is 127. The molecule has 0 aliphatic carbocycles. The quantitative estimate of drug-likeness (QED) is 0.227. The molecule has 2 N–H and O–H groups in total. The number of carbonyl (C=O) groups excluding carboxylic acids is 1. The molecule has 0 aliphatic rings. The van der Waals surface area contributed by atoms with Gasteiger partial charge in [-0.05, 0) is 48.9 Å². The van der Waals surface area contributed by atoms with Crippen molar-refractivity contribution in [1.82, 2.24) is 15.5 Å². The van der Waals surface area contributed by atoms with Crippen LogP contribution in [0.3, 0.4) is 0 Å². The third-order valence-corrected chi connectivity index (χ3v) is 4.27. The van der Waals surface area contributed by atoms with E-state index in [9.17, 15) is 4.79 Å². The summed E-state index contributed by atoms with van der Waals surface area (Å²) >= 11 is 0. The van der Waals surface area contributed by atoms with E-state index in [1.54, 1.807) is 38.4 Å². The van der Waals surface area contributed by atoms with Crippen LogP contribution in [0.2, 0.25) is 0 Å². The van der Waals surface area contributed by atoms with Crippen LogP contribution in [-0.4, -0.2) is 57.7 Å².